The maximum Gasteiger partial charge on any atom is 0.349 e. The molecule has 0 atom stereocenters. The summed E-state index contributed by atoms with van der Waals surface area (Å²) >= 11 is 1.24. The van der Waals surface area contributed by atoms with Crippen molar-refractivity contribution >= 4 is 23.2 Å². The van der Waals surface area contributed by atoms with E-state index in [0.717, 1.165) is 4.88 Å². The van der Waals surface area contributed by atoms with E-state index in [9.17, 15) is 9.59 Å². The van der Waals surface area contributed by atoms with E-state index in [-0.39, 0.29) is 16.7 Å². The predicted molar refractivity (Wildman–Crippen MR) is 74.2 cm³/mol. The van der Waals surface area contributed by atoms with Crippen molar-refractivity contribution in [3.63, 3.8) is 0 Å². The minimum Gasteiger partial charge on any atom is -0.492 e. The summed E-state index contributed by atoms with van der Waals surface area (Å²) in [6, 6.07) is 1.78. The van der Waals surface area contributed by atoms with Gasteiger partial charge >= 0.3 is 5.97 Å². The highest BCUT2D eigenvalue weighted by atomic mass is 32.1. The molecule has 0 aliphatic carbocycles. The highest BCUT2D eigenvalue weighted by Crippen LogP contribution is 2.33. The number of carboxylic acid groups (broad SMARTS) is 1. The third kappa shape index (κ3) is 4.55. The number of hydrogen-bond acceptors (Lipinski definition) is 4. The molecule has 106 valence electrons. The highest BCUT2D eigenvalue weighted by molar-refractivity contribution is 7.14. The molecule has 0 unspecified atom stereocenters. The van der Waals surface area contributed by atoms with Crippen molar-refractivity contribution in [3.8, 4) is 5.75 Å². The number of thiophene rings is 1. The van der Waals surface area contributed by atoms with Crippen molar-refractivity contribution in [2.75, 3.05) is 13.7 Å². The first kappa shape index (κ1) is 15.5. The first-order valence-electron chi connectivity index (χ1n) is 6.16. The Hall–Kier alpha value is -1.56. The van der Waals surface area contributed by atoms with Crippen LogP contribution >= 0.6 is 11.3 Å². The van der Waals surface area contributed by atoms with Gasteiger partial charge in [0.05, 0.1) is 6.61 Å². The molecule has 0 aliphatic heterocycles. The van der Waals surface area contributed by atoms with Crippen molar-refractivity contribution in [2.45, 2.75) is 32.6 Å². The van der Waals surface area contributed by atoms with E-state index in [0.29, 0.717) is 25.2 Å². The van der Waals surface area contributed by atoms with Crippen LogP contribution in [0.4, 0.5) is 0 Å². The molecule has 0 aromatic carbocycles. The van der Waals surface area contributed by atoms with Gasteiger partial charge in [-0.3, -0.25) is 4.79 Å². The van der Waals surface area contributed by atoms with Crippen LogP contribution in [-0.4, -0.2) is 30.6 Å². The van der Waals surface area contributed by atoms with Crippen LogP contribution < -0.4 is 10.1 Å². The Labute approximate surface area is 116 Å². The molecule has 0 radical (unpaired) electrons. The Balaban J connectivity index is 2.61. The van der Waals surface area contributed by atoms with Crippen LogP contribution in [0.1, 0.15) is 47.2 Å². The number of aromatic carboxylic acids is 1. The van der Waals surface area contributed by atoms with E-state index in [1.54, 1.807) is 13.1 Å². The predicted octanol–water partition coefficient (Wildman–Crippen LogP) is 2.47. The van der Waals surface area contributed by atoms with Crippen molar-refractivity contribution < 1.29 is 19.4 Å². The first-order chi connectivity index (χ1) is 8.95. The van der Waals surface area contributed by atoms with Gasteiger partial charge in [-0.1, -0.05) is 13.8 Å². The zero-order chi connectivity index (χ0) is 14.4. The van der Waals surface area contributed by atoms with Gasteiger partial charge in [0.15, 0.2) is 4.88 Å². The highest BCUT2D eigenvalue weighted by Gasteiger charge is 2.18. The Morgan fingerprint density at radius 1 is 1.47 bits per heavy atom. The normalized spacial score (nSPS) is 10.5. The van der Waals surface area contributed by atoms with Crippen LogP contribution in [-0.2, 0) is 4.79 Å². The quantitative estimate of drug-likeness (QED) is 0.755. The lowest BCUT2D eigenvalue weighted by Crippen LogP contribution is -2.18. The summed E-state index contributed by atoms with van der Waals surface area (Å²) in [6.07, 6.45) is 0.936. The monoisotopic (exact) mass is 285 g/mol. The smallest absolute Gasteiger partial charge is 0.349 e. The molecule has 1 rings (SSSR count). The number of nitrogens with one attached hydrogen (secondary N) is 1. The number of rotatable bonds is 7. The average Bonchev–Trinajstić information content (AvgIpc) is 2.78. The van der Waals surface area contributed by atoms with Gasteiger partial charge in [0, 0.05) is 18.3 Å². The molecule has 1 aromatic rings. The van der Waals surface area contributed by atoms with E-state index < -0.39 is 5.97 Å². The third-order valence-corrected chi connectivity index (χ3v) is 3.97. The largest absolute Gasteiger partial charge is 0.492 e. The van der Waals surface area contributed by atoms with Gasteiger partial charge in [0.2, 0.25) is 5.91 Å². The topological polar surface area (TPSA) is 75.6 Å². The second kappa shape index (κ2) is 7.13. The fourth-order valence-electron chi connectivity index (χ4n) is 1.47. The van der Waals surface area contributed by atoms with Gasteiger partial charge < -0.3 is 15.2 Å². The lowest BCUT2D eigenvalue weighted by atomic mass is 10.2. The molecule has 0 spiro atoms. The average molecular weight is 285 g/mol. The maximum atomic E-state index is 11.1. The molecule has 5 nitrogen and oxygen atoms in total. The van der Waals surface area contributed by atoms with Gasteiger partial charge in [-0.05, 0) is 18.4 Å². The lowest BCUT2D eigenvalue weighted by molar-refractivity contribution is -0.120. The number of carboxylic acids is 1. The van der Waals surface area contributed by atoms with E-state index in [1.807, 2.05) is 13.8 Å². The number of ether oxygens (including phenoxy) is 1. The van der Waals surface area contributed by atoms with E-state index >= 15 is 0 Å². The Kier molecular flexibility index (Phi) is 5.82. The Morgan fingerprint density at radius 3 is 2.68 bits per heavy atom. The van der Waals surface area contributed by atoms with Crippen molar-refractivity contribution in [1.82, 2.24) is 5.32 Å². The van der Waals surface area contributed by atoms with Crippen molar-refractivity contribution in [2.24, 2.45) is 0 Å². The molecule has 0 fully saturated rings. The molecule has 0 saturated heterocycles. The van der Waals surface area contributed by atoms with Gasteiger partial charge in [-0.2, -0.15) is 0 Å². The summed E-state index contributed by atoms with van der Waals surface area (Å²) in [4.78, 5) is 23.4. The SMILES string of the molecule is CNC(=O)CCCOc1cc(C(C)C)sc1C(=O)O. The molecule has 0 bridgehead atoms. The molecule has 0 saturated carbocycles. The van der Waals surface area contributed by atoms with Crippen molar-refractivity contribution in [1.29, 1.82) is 0 Å². The fourth-order valence-corrected chi connectivity index (χ4v) is 2.42. The second-order valence-electron chi connectivity index (χ2n) is 4.43. The molecular weight excluding hydrogens is 266 g/mol. The van der Waals surface area contributed by atoms with E-state index in [1.165, 1.54) is 11.3 Å². The molecular formula is C13H19NO4S. The van der Waals surface area contributed by atoms with Crippen molar-refractivity contribution in [3.05, 3.63) is 15.8 Å². The fraction of sp³-hybridized carbons (Fsp3) is 0.538. The summed E-state index contributed by atoms with van der Waals surface area (Å²) in [7, 11) is 1.58. The Bertz CT molecular complexity index is 453. The minimum absolute atomic E-state index is 0.0461. The third-order valence-electron chi connectivity index (χ3n) is 2.56. The molecule has 19 heavy (non-hydrogen) atoms. The number of carbonyl (C=O) groups excluding carboxylic acids is 1. The molecule has 0 aliphatic rings. The maximum absolute atomic E-state index is 11.1. The first-order valence-corrected chi connectivity index (χ1v) is 6.97. The van der Waals surface area contributed by atoms with Crippen LogP contribution in [0.5, 0.6) is 5.75 Å². The van der Waals surface area contributed by atoms with E-state index in [4.69, 9.17) is 9.84 Å². The second-order valence-corrected chi connectivity index (χ2v) is 5.51. The Morgan fingerprint density at radius 2 is 2.16 bits per heavy atom. The van der Waals surface area contributed by atoms with Crippen LogP contribution in [0.2, 0.25) is 0 Å². The van der Waals surface area contributed by atoms with Gasteiger partial charge in [-0.25, -0.2) is 4.79 Å². The standard InChI is InChI=1S/C13H19NO4S/c1-8(2)10-7-9(12(19-10)13(16)17)18-6-4-5-11(15)14-3/h7-8H,4-6H2,1-3H3,(H,14,15)(H,16,17). The minimum atomic E-state index is -0.974. The summed E-state index contributed by atoms with van der Waals surface area (Å²) in [5, 5.41) is 11.6. The number of amides is 1. The molecule has 2 N–H and O–H groups in total. The summed E-state index contributed by atoms with van der Waals surface area (Å²) < 4.78 is 5.47. The summed E-state index contributed by atoms with van der Waals surface area (Å²) in [5.41, 5.74) is 0. The number of hydrogen-bond donors (Lipinski definition) is 2. The van der Waals surface area contributed by atoms with Gasteiger partial charge in [0.1, 0.15) is 5.75 Å². The number of carbonyl (C=O) groups is 2. The summed E-state index contributed by atoms with van der Waals surface area (Å²) in [5.74, 6) is -0.349. The zero-order valence-corrected chi connectivity index (χ0v) is 12.2. The van der Waals surface area contributed by atoms with E-state index in [2.05, 4.69) is 5.32 Å². The van der Waals surface area contributed by atoms with Gasteiger partial charge in [0.25, 0.3) is 0 Å². The summed E-state index contributed by atoms with van der Waals surface area (Å²) in [6.45, 7) is 4.35. The zero-order valence-electron chi connectivity index (χ0n) is 11.4. The van der Waals surface area contributed by atoms with Crippen LogP contribution in [0.25, 0.3) is 0 Å². The van der Waals surface area contributed by atoms with Crippen LogP contribution in [0, 0.1) is 0 Å². The molecule has 1 aromatic heterocycles. The molecule has 1 heterocycles. The molecule has 1 amide bonds. The molecule has 6 heteroatoms. The lowest BCUT2D eigenvalue weighted by Gasteiger charge is -2.04. The van der Waals surface area contributed by atoms with Gasteiger partial charge in [-0.15, -0.1) is 11.3 Å². The van der Waals surface area contributed by atoms with Crippen LogP contribution in [0.15, 0.2) is 6.07 Å². The van der Waals surface area contributed by atoms with Crippen LogP contribution in [0.3, 0.4) is 0 Å².